The zero-order valence-electron chi connectivity index (χ0n) is 5.14. The Hall–Kier alpha value is -0.0800. The lowest BCUT2D eigenvalue weighted by Gasteiger charge is -1.95. The summed E-state index contributed by atoms with van der Waals surface area (Å²) in [7, 11) is 0. The fourth-order valence-corrected chi connectivity index (χ4v) is 1.41. The standard InChI is InChI=1S/C6H9NO.ClH/c8-5-2-1-3-6(5)4-7-6;/h7H,1-4H2;1H. The molecule has 9 heavy (non-hydrogen) atoms. The van der Waals surface area contributed by atoms with Crippen molar-refractivity contribution in [3.05, 3.63) is 0 Å². The molecule has 3 heteroatoms. The Morgan fingerprint density at radius 1 is 1.56 bits per heavy atom. The Morgan fingerprint density at radius 3 is 2.44 bits per heavy atom. The van der Waals surface area contributed by atoms with Gasteiger partial charge < -0.3 is 5.32 Å². The number of carbonyl (C=O) groups excluding carboxylic acids is 1. The smallest absolute Gasteiger partial charge is 0.154 e. The van der Waals surface area contributed by atoms with Crippen molar-refractivity contribution in [1.29, 1.82) is 0 Å². The van der Waals surface area contributed by atoms with Crippen LogP contribution in [0.3, 0.4) is 0 Å². The van der Waals surface area contributed by atoms with Crippen LogP contribution < -0.4 is 5.32 Å². The van der Waals surface area contributed by atoms with Crippen molar-refractivity contribution in [3.8, 4) is 0 Å². The molecule has 0 bridgehead atoms. The minimum atomic E-state index is 0. The second-order valence-electron chi connectivity index (χ2n) is 2.71. The third kappa shape index (κ3) is 0.864. The molecule has 1 unspecified atom stereocenters. The Morgan fingerprint density at radius 2 is 2.22 bits per heavy atom. The van der Waals surface area contributed by atoms with Crippen molar-refractivity contribution in [2.45, 2.75) is 24.8 Å². The van der Waals surface area contributed by atoms with Gasteiger partial charge in [-0.15, -0.1) is 12.4 Å². The van der Waals surface area contributed by atoms with E-state index in [2.05, 4.69) is 5.32 Å². The van der Waals surface area contributed by atoms with Crippen LogP contribution in [0.2, 0.25) is 0 Å². The first-order chi connectivity index (χ1) is 3.83. The molecule has 2 nitrogen and oxygen atoms in total. The first kappa shape index (κ1) is 7.03. The third-order valence-electron chi connectivity index (χ3n) is 2.14. The molecule has 1 atom stereocenters. The number of hydrogen-bond acceptors (Lipinski definition) is 2. The molecule has 2 aliphatic rings. The summed E-state index contributed by atoms with van der Waals surface area (Å²) in [6, 6.07) is 0. The lowest BCUT2D eigenvalue weighted by molar-refractivity contribution is -0.119. The van der Waals surface area contributed by atoms with Crippen LogP contribution >= 0.6 is 12.4 Å². The normalized spacial score (nSPS) is 38.9. The van der Waals surface area contributed by atoms with Gasteiger partial charge in [-0.2, -0.15) is 0 Å². The van der Waals surface area contributed by atoms with E-state index in [0.717, 1.165) is 25.8 Å². The SMILES string of the molecule is Cl.O=C1CCCC12CN2. The topological polar surface area (TPSA) is 39.0 Å². The van der Waals surface area contributed by atoms with E-state index in [1.807, 2.05) is 0 Å². The van der Waals surface area contributed by atoms with Crippen LogP contribution in [-0.2, 0) is 4.79 Å². The highest BCUT2D eigenvalue weighted by molar-refractivity contribution is 5.93. The molecule has 1 saturated heterocycles. The van der Waals surface area contributed by atoms with Crippen LogP contribution in [-0.4, -0.2) is 17.9 Å². The second-order valence-corrected chi connectivity index (χ2v) is 2.71. The van der Waals surface area contributed by atoms with Gasteiger partial charge in [0.2, 0.25) is 0 Å². The summed E-state index contributed by atoms with van der Waals surface area (Å²) >= 11 is 0. The highest BCUT2D eigenvalue weighted by Crippen LogP contribution is 2.33. The van der Waals surface area contributed by atoms with E-state index in [1.165, 1.54) is 0 Å². The van der Waals surface area contributed by atoms with E-state index in [-0.39, 0.29) is 17.9 Å². The van der Waals surface area contributed by atoms with Crippen molar-refractivity contribution < 1.29 is 4.79 Å². The molecule has 2 fully saturated rings. The fourth-order valence-electron chi connectivity index (χ4n) is 1.41. The summed E-state index contributed by atoms with van der Waals surface area (Å²) in [6.07, 6.45) is 3.00. The molecule has 1 aliphatic carbocycles. The first-order valence-corrected chi connectivity index (χ1v) is 3.12. The number of carbonyl (C=O) groups is 1. The first-order valence-electron chi connectivity index (χ1n) is 3.12. The van der Waals surface area contributed by atoms with Gasteiger partial charge in [0.05, 0.1) is 5.54 Å². The zero-order valence-corrected chi connectivity index (χ0v) is 5.96. The molecule has 1 saturated carbocycles. The molecular weight excluding hydrogens is 138 g/mol. The van der Waals surface area contributed by atoms with Crippen molar-refractivity contribution in [2.24, 2.45) is 0 Å². The van der Waals surface area contributed by atoms with Gasteiger partial charge in [-0.3, -0.25) is 4.79 Å². The average Bonchev–Trinajstić information content (AvgIpc) is 2.39. The molecule has 1 spiro atoms. The van der Waals surface area contributed by atoms with E-state index >= 15 is 0 Å². The number of ketones is 1. The fraction of sp³-hybridized carbons (Fsp3) is 0.833. The van der Waals surface area contributed by atoms with Gasteiger partial charge in [-0.1, -0.05) is 0 Å². The van der Waals surface area contributed by atoms with Gasteiger partial charge in [-0.05, 0) is 12.8 Å². The molecular formula is C6H10ClNO. The quantitative estimate of drug-likeness (QED) is 0.507. The minimum absolute atomic E-state index is 0. The van der Waals surface area contributed by atoms with Crippen LogP contribution in [0.5, 0.6) is 0 Å². The van der Waals surface area contributed by atoms with Crippen molar-refractivity contribution in [2.75, 3.05) is 6.54 Å². The maximum Gasteiger partial charge on any atom is 0.154 e. The number of rotatable bonds is 0. The van der Waals surface area contributed by atoms with E-state index < -0.39 is 0 Å². The van der Waals surface area contributed by atoms with Crippen LogP contribution in [0.15, 0.2) is 0 Å². The molecule has 0 amide bonds. The molecule has 1 heterocycles. The van der Waals surface area contributed by atoms with Crippen LogP contribution in [0.4, 0.5) is 0 Å². The predicted octanol–water partition coefficient (Wildman–Crippen LogP) is 0.503. The largest absolute Gasteiger partial charge is 0.302 e. The Bertz CT molecular complexity index is 142. The minimum Gasteiger partial charge on any atom is -0.302 e. The second kappa shape index (κ2) is 1.96. The van der Waals surface area contributed by atoms with Gasteiger partial charge in [0, 0.05) is 13.0 Å². The summed E-state index contributed by atoms with van der Waals surface area (Å²) in [4.78, 5) is 10.9. The van der Waals surface area contributed by atoms with Gasteiger partial charge in [-0.25, -0.2) is 0 Å². The monoisotopic (exact) mass is 147 g/mol. The number of halogens is 1. The molecule has 52 valence electrons. The van der Waals surface area contributed by atoms with E-state index in [9.17, 15) is 4.79 Å². The van der Waals surface area contributed by atoms with Gasteiger partial charge in [0.25, 0.3) is 0 Å². The molecule has 0 aromatic carbocycles. The van der Waals surface area contributed by atoms with E-state index in [1.54, 1.807) is 0 Å². The van der Waals surface area contributed by atoms with Crippen LogP contribution in [0, 0.1) is 0 Å². The highest BCUT2D eigenvalue weighted by Gasteiger charge is 2.51. The number of hydrogen-bond donors (Lipinski definition) is 1. The molecule has 1 N–H and O–H groups in total. The van der Waals surface area contributed by atoms with E-state index in [0.29, 0.717) is 5.78 Å². The molecule has 0 aromatic heterocycles. The predicted molar refractivity (Wildman–Crippen MR) is 36.8 cm³/mol. The van der Waals surface area contributed by atoms with Gasteiger partial charge in [0.1, 0.15) is 0 Å². The average molecular weight is 148 g/mol. The maximum absolute atomic E-state index is 10.9. The Kier molecular flexibility index (Phi) is 1.53. The summed E-state index contributed by atoms with van der Waals surface area (Å²) < 4.78 is 0. The lowest BCUT2D eigenvalue weighted by Crippen LogP contribution is -2.19. The summed E-state index contributed by atoms with van der Waals surface area (Å²) in [5, 5.41) is 3.11. The maximum atomic E-state index is 10.9. The molecule has 0 aromatic rings. The Balaban J connectivity index is 0.000000405. The summed E-state index contributed by atoms with van der Waals surface area (Å²) in [5.41, 5.74) is 0.0139. The lowest BCUT2D eigenvalue weighted by atomic mass is 10.1. The van der Waals surface area contributed by atoms with Crippen molar-refractivity contribution in [1.82, 2.24) is 5.32 Å². The summed E-state index contributed by atoms with van der Waals surface area (Å²) in [6.45, 7) is 0.950. The third-order valence-corrected chi connectivity index (χ3v) is 2.14. The Labute approximate surface area is 60.4 Å². The van der Waals surface area contributed by atoms with Crippen molar-refractivity contribution >= 4 is 18.2 Å². The van der Waals surface area contributed by atoms with Gasteiger partial charge in [0.15, 0.2) is 5.78 Å². The van der Waals surface area contributed by atoms with E-state index in [4.69, 9.17) is 0 Å². The molecule has 2 rings (SSSR count). The highest BCUT2D eigenvalue weighted by atomic mass is 35.5. The van der Waals surface area contributed by atoms with Crippen molar-refractivity contribution in [3.63, 3.8) is 0 Å². The molecule has 1 aliphatic heterocycles. The van der Waals surface area contributed by atoms with Crippen LogP contribution in [0.1, 0.15) is 19.3 Å². The number of nitrogens with one attached hydrogen (secondary N) is 1. The van der Waals surface area contributed by atoms with Gasteiger partial charge >= 0.3 is 0 Å². The number of Topliss-reactive ketones (excluding diaryl/α,β-unsaturated/α-hetero) is 1. The zero-order chi connectivity index (χ0) is 5.61. The van der Waals surface area contributed by atoms with Crippen LogP contribution in [0.25, 0.3) is 0 Å². The molecule has 0 radical (unpaired) electrons. The summed E-state index contributed by atoms with van der Waals surface area (Å²) in [5.74, 6) is 0.442.